The number of nitrogens with one attached hydrogen (secondary N) is 1. The second-order valence-corrected chi connectivity index (χ2v) is 7.59. The molecule has 3 rings (SSSR count). The number of methoxy groups -OCH3 is 1. The molecule has 25 heavy (non-hydrogen) atoms. The Kier molecular flexibility index (Phi) is 5.51. The van der Waals surface area contributed by atoms with E-state index < -0.39 is 0 Å². The summed E-state index contributed by atoms with van der Waals surface area (Å²) in [6.07, 6.45) is 1.80. The van der Waals surface area contributed by atoms with E-state index in [4.69, 9.17) is 16.3 Å². The van der Waals surface area contributed by atoms with Crippen molar-refractivity contribution in [2.24, 2.45) is 4.99 Å². The number of aliphatic imine (C=N–C) groups is 1. The number of amidine groups is 1. The zero-order chi connectivity index (χ0) is 18.0. The molecular formula is C18H14BrClN2O2S. The van der Waals surface area contributed by atoms with Gasteiger partial charge in [0, 0.05) is 9.50 Å². The predicted molar refractivity (Wildman–Crippen MR) is 108 cm³/mol. The van der Waals surface area contributed by atoms with E-state index in [1.54, 1.807) is 19.3 Å². The van der Waals surface area contributed by atoms with Crippen LogP contribution in [0.2, 0.25) is 5.02 Å². The number of ether oxygens (including phenoxy) is 1. The van der Waals surface area contributed by atoms with Gasteiger partial charge in [0.1, 0.15) is 5.75 Å². The maximum Gasteiger partial charge on any atom is 0.264 e. The van der Waals surface area contributed by atoms with Gasteiger partial charge in [-0.1, -0.05) is 33.6 Å². The van der Waals surface area contributed by atoms with E-state index in [0.29, 0.717) is 20.8 Å². The number of rotatable bonds is 3. The number of carbonyl (C=O) groups excluding carboxylic acids is 1. The molecule has 1 aliphatic rings. The monoisotopic (exact) mass is 436 g/mol. The van der Waals surface area contributed by atoms with Crippen LogP contribution in [0.4, 0.5) is 5.69 Å². The fraction of sp³-hybridized carbons (Fsp3) is 0.111. The van der Waals surface area contributed by atoms with Gasteiger partial charge >= 0.3 is 0 Å². The summed E-state index contributed by atoms with van der Waals surface area (Å²) < 4.78 is 6.11. The van der Waals surface area contributed by atoms with Crippen molar-refractivity contribution in [2.45, 2.75) is 6.92 Å². The molecule has 0 unspecified atom stereocenters. The first kappa shape index (κ1) is 18.0. The fourth-order valence-electron chi connectivity index (χ4n) is 2.15. The van der Waals surface area contributed by atoms with Gasteiger partial charge in [-0.25, -0.2) is 4.99 Å². The summed E-state index contributed by atoms with van der Waals surface area (Å²) in [7, 11) is 1.61. The highest BCUT2D eigenvalue weighted by atomic mass is 79.9. The van der Waals surface area contributed by atoms with Crippen molar-refractivity contribution in [1.82, 2.24) is 5.32 Å². The Morgan fingerprint density at radius 3 is 2.80 bits per heavy atom. The maximum absolute atomic E-state index is 12.2. The molecule has 1 N–H and O–H groups in total. The summed E-state index contributed by atoms with van der Waals surface area (Å²) in [4.78, 5) is 17.2. The normalized spacial score (nSPS) is 17.2. The Balaban J connectivity index is 1.87. The van der Waals surface area contributed by atoms with Gasteiger partial charge in [-0.05, 0) is 66.2 Å². The van der Waals surface area contributed by atoms with Crippen LogP contribution < -0.4 is 10.1 Å². The summed E-state index contributed by atoms with van der Waals surface area (Å²) in [6, 6.07) is 11.1. The Hall–Kier alpha value is -1.76. The minimum atomic E-state index is -0.184. The van der Waals surface area contributed by atoms with Crippen LogP contribution in [0.5, 0.6) is 5.75 Å². The van der Waals surface area contributed by atoms with Crippen LogP contribution in [0.3, 0.4) is 0 Å². The number of aryl methyl sites for hydroxylation is 1. The molecule has 0 saturated carbocycles. The SMILES string of the molecule is COc1ccc(Br)c(/C=C2\SC(=Nc3ccc(C)c(Cl)c3)NC2=O)c1. The largest absolute Gasteiger partial charge is 0.497 e. The summed E-state index contributed by atoms with van der Waals surface area (Å²) in [5, 5.41) is 3.94. The molecule has 0 atom stereocenters. The van der Waals surface area contributed by atoms with E-state index in [-0.39, 0.29) is 5.91 Å². The summed E-state index contributed by atoms with van der Waals surface area (Å²) in [6.45, 7) is 1.93. The molecule has 128 valence electrons. The highest BCUT2D eigenvalue weighted by Gasteiger charge is 2.24. The van der Waals surface area contributed by atoms with Crippen molar-refractivity contribution in [2.75, 3.05) is 7.11 Å². The molecule has 1 fully saturated rings. The molecular weight excluding hydrogens is 424 g/mol. The smallest absolute Gasteiger partial charge is 0.264 e. The van der Waals surface area contributed by atoms with Gasteiger partial charge in [0.15, 0.2) is 5.17 Å². The van der Waals surface area contributed by atoms with Gasteiger partial charge in [-0.3, -0.25) is 4.79 Å². The van der Waals surface area contributed by atoms with Crippen LogP contribution in [0.1, 0.15) is 11.1 Å². The molecule has 1 saturated heterocycles. The van der Waals surface area contributed by atoms with E-state index in [0.717, 1.165) is 21.3 Å². The van der Waals surface area contributed by atoms with Gasteiger partial charge in [0.05, 0.1) is 17.7 Å². The third-order valence-electron chi connectivity index (χ3n) is 3.53. The van der Waals surface area contributed by atoms with Crippen LogP contribution in [0, 0.1) is 6.92 Å². The lowest BCUT2D eigenvalue weighted by Gasteiger charge is -2.03. The van der Waals surface area contributed by atoms with Crippen molar-refractivity contribution in [3.63, 3.8) is 0 Å². The van der Waals surface area contributed by atoms with E-state index in [2.05, 4.69) is 26.2 Å². The number of amides is 1. The molecule has 0 aliphatic carbocycles. The lowest BCUT2D eigenvalue weighted by Crippen LogP contribution is -2.19. The number of carbonyl (C=O) groups is 1. The zero-order valence-electron chi connectivity index (χ0n) is 13.5. The van der Waals surface area contributed by atoms with Crippen molar-refractivity contribution >= 4 is 62.1 Å². The minimum Gasteiger partial charge on any atom is -0.497 e. The molecule has 4 nitrogen and oxygen atoms in total. The molecule has 1 amide bonds. The van der Waals surface area contributed by atoms with Crippen LogP contribution >= 0.6 is 39.3 Å². The van der Waals surface area contributed by atoms with Crippen molar-refractivity contribution in [3.05, 3.63) is 61.9 Å². The number of benzene rings is 2. The summed E-state index contributed by atoms with van der Waals surface area (Å²) >= 11 is 10.9. The molecule has 2 aromatic carbocycles. The van der Waals surface area contributed by atoms with Crippen molar-refractivity contribution < 1.29 is 9.53 Å². The molecule has 2 aromatic rings. The molecule has 0 bridgehead atoms. The molecule has 7 heteroatoms. The third kappa shape index (κ3) is 4.26. The molecule has 0 spiro atoms. The molecule has 1 heterocycles. The number of halogens is 2. The van der Waals surface area contributed by atoms with Gasteiger partial charge in [-0.15, -0.1) is 0 Å². The Bertz CT molecular complexity index is 912. The second-order valence-electron chi connectivity index (χ2n) is 5.30. The number of thioether (sulfide) groups is 1. The molecule has 1 aliphatic heterocycles. The van der Waals surface area contributed by atoms with Crippen LogP contribution in [-0.4, -0.2) is 18.2 Å². The lowest BCUT2D eigenvalue weighted by molar-refractivity contribution is -0.115. The topological polar surface area (TPSA) is 50.7 Å². The predicted octanol–water partition coefficient (Wildman–Crippen LogP) is 5.31. The quantitative estimate of drug-likeness (QED) is 0.662. The second kappa shape index (κ2) is 7.64. The zero-order valence-corrected chi connectivity index (χ0v) is 16.6. The van der Waals surface area contributed by atoms with Crippen LogP contribution in [-0.2, 0) is 4.79 Å². The maximum atomic E-state index is 12.2. The summed E-state index contributed by atoms with van der Waals surface area (Å²) in [5.41, 5.74) is 2.54. The minimum absolute atomic E-state index is 0.184. The first-order valence-corrected chi connectivity index (χ1v) is 9.34. The lowest BCUT2D eigenvalue weighted by atomic mass is 10.2. The van der Waals surface area contributed by atoms with Gasteiger partial charge < -0.3 is 10.1 Å². The van der Waals surface area contributed by atoms with E-state index >= 15 is 0 Å². The Morgan fingerprint density at radius 1 is 1.28 bits per heavy atom. The number of hydrogen-bond donors (Lipinski definition) is 1. The standard InChI is InChI=1S/C18H14BrClN2O2S/c1-10-3-4-12(9-15(10)20)21-18-22-17(23)16(25-18)8-11-7-13(24-2)5-6-14(11)19/h3-9H,1-2H3,(H,21,22,23)/b16-8-. The van der Waals surface area contributed by atoms with Crippen molar-refractivity contribution in [3.8, 4) is 5.75 Å². The Labute approximate surface area is 163 Å². The first-order chi connectivity index (χ1) is 12.0. The highest BCUT2D eigenvalue weighted by Crippen LogP contribution is 2.32. The van der Waals surface area contributed by atoms with E-state index in [1.165, 1.54) is 11.8 Å². The van der Waals surface area contributed by atoms with Gasteiger partial charge in [0.25, 0.3) is 5.91 Å². The van der Waals surface area contributed by atoms with Gasteiger partial charge in [0.2, 0.25) is 0 Å². The van der Waals surface area contributed by atoms with Gasteiger partial charge in [-0.2, -0.15) is 0 Å². The van der Waals surface area contributed by atoms with Crippen LogP contribution in [0.15, 0.2) is 50.8 Å². The number of hydrogen-bond acceptors (Lipinski definition) is 4. The van der Waals surface area contributed by atoms with Crippen molar-refractivity contribution in [1.29, 1.82) is 0 Å². The highest BCUT2D eigenvalue weighted by molar-refractivity contribution is 9.10. The van der Waals surface area contributed by atoms with Crippen LogP contribution in [0.25, 0.3) is 6.08 Å². The Morgan fingerprint density at radius 2 is 2.08 bits per heavy atom. The fourth-order valence-corrected chi connectivity index (χ4v) is 3.52. The average molecular weight is 438 g/mol. The molecule has 0 aromatic heterocycles. The third-order valence-corrected chi connectivity index (χ3v) is 5.57. The van der Waals surface area contributed by atoms with E-state index in [1.807, 2.05) is 37.3 Å². The van der Waals surface area contributed by atoms with E-state index in [9.17, 15) is 4.79 Å². The first-order valence-electron chi connectivity index (χ1n) is 7.35. The summed E-state index contributed by atoms with van der Waals surface area (Å²) in [5.74, 6) is 0.540. The average Bonchev–Trinajstić information content (AvgIpc) is 2.92. The number of nitrogens with zero attached hydrogens (tertiary/aromatic N) is 1. The molecule has 0 radical (unpaired) electrons.